The molecule has 0 saturated heterocycles. The van der Waals surface area contributed by atoms with Crippen LogP contribution in [0.3, 0.4) is 0 Å². The topological polar surface area (TPSA) is 197 Å². The molecular weight excluding hydrogens is 454 g/mol. The van der Waals surface area contributed by atoms with Gasteiger partial charge in [0.1, 0.15) is 24.1 Å². The van der Waals surface area contributed by atoms with Crippen LogP contribution in [-0.2, 0) is 32.0 Å². The number of aromatic nitrogens is 3. The number of ether oxygens (including phenoxy) is 3. The van der Waals surface area contributed by atoms with Crippen molar-refractivity contribution in [3.63, 3.8) is 0 Å². The molecule has 6 N–H and O–H groups in total. The minimum absolute atomic E-state index is 0.0878. The number of aliphatic hydroxyl groups excluding tert-OH is 6. The number of ketones is 1. The second-order valence-electron chi connectivity index (χ2n) is 8.36. The van der Waals surface area contributed by atoms with Crippen molar-refractivity contribution in [3.05, 3.63) is 11.9 Å². The molecule has 0 spiro atoms. The molecule has 0 amide bonds. The molecule has 0 aromatic carbocycles. The normalized spacial score (nSPS) is 12.4. The van der Waals surface area contributed by atoms with Crippen molar-refractivity contribution in [1.29, 1.82) is 0 Å². The third-order valence-corrected chi connectivity index (χ3v) is 5.14. The standard InChI is InChI=1S/C21H39N3O10/c1-16(31)3-2-4-17-5-24(23-22-17)12-21(13-32-18(6-25)7-26,14-33-19(8-27)9-28)15-34-20(10-29)11-30/h5,18-20,25-30H,2-4,6-15H2,1H3. The number of carbonyl (C=O) groups excluding carboxylic acids is 1. The summed E-state index contributed by atoms with van der Waals surface area (Å²) >= 11 is 0. The number of aryl methyl sites for hydroxylation is 1. The first kappa shape index (κ1) is 30.5. The molecule has 1 rings (SSSR count). The van der Waals surface area contributed by atoms with Crippen LogP contribution in [-0.4, -0.2) is 129 Å². The molecule has 1 heterocycles. The van der Waals surface area contributed by atoms with Gasteiger partial charge in [-0.05, 0) is 19.8 Å². The molecule has 13 heteroatoms. The van der Waals surface area contributed by atoms with E-state index in [4.69, 9.17) is 14.2 Å². The zero-order chi connectivity index (χ0) is 25.4. The van der Waals surface area contributed by atoms with Crippen molar-refractivity contribution in [2.24, 2.45) is 5.41 Å². The molecule has 0 aliphatic carbocycles. The van der Waals surface area contributed by atoms with Gasteiger partial charge in [-0.15, -0.1) is 5.10 Å². The molecule has 1 aromatic rings. The number of hydrogen-bond donors (Lipinski definition) is 6. The molecule has 0 saturated carbocycles. The summed E-state index contributed by atoms with van der Waals surface area (Å²) in [6.07, 6.45) is 0.730. The number of hydrogen-bond acceptors (Lipinski definition) is 12. The molecule has 34 heavy (non-hydrogen) atoms. The van der Waals surface area contributed by atoms with Gasteiger partial charge in [-0.1, -0.05) is 5.21 Å². The Hall–Kier alpha value is -1.55. The molecule has 0 fully saturated rings. The maximum atomic E-state index is 11.2. The molecule has 0 aliphatic heterocycles. The Bertz CT molecular complexity index is 622. The fourth-order valence-corrected chi connectivity index (χ4v) is 3.03. The Morgan fingerprint density at radius 2 is 1.32 bits per heavy atom. The highest BCUT2D eigenvalue weighted by Crippen LogP contribution is 2.25. The van der Waals surface area contributed by atoms with Crippen molar-refractivity contribution in [2.45, 2.75) is 51.0 Å². The van der Waals surface area contributed by atoms with E-state index >= 15 is 0 Å². The van der Waals surface area contributed by atoms with E-state index in [-0.39, 0.29) is 32.1 Å². The fraction of sp³-hybridized carbons (Fsp3) is 0.857. The van der Waals surface area contributed by atoms with E-state index in [0.717, 1.165) is 0 Å². The summed E-state index contributed by atoms with van der Waals surface area (Å²) in [7, 11) is 0. The second kappa shape index (κ2) is 17.0. The molecule has 13 nitrogen and oxygen atoms in total. The van der Waals surface area contributed by atoms with Gasteiger partial charge >= 0.3 is 0 Å². The van der Waals surface area contributed by atoms with E-state index in [2.05, 4.69) is 10.3 Å². The SMILES string of the molecule is CC(=O)CCCc1cn(CC(COC(CO)CO)(COC(CO)CO)COC(CO)CO)nn1. The monoisotopic (exact) mass is 493 g/mol. The minimum atomic E-state index is -1.03. The maximum absolute atomic E-state index is 11.2. The zero-order valence-electron chi connectivity index (χ0n) is 19.7. The Labute approximate surface area is 198 Å². The van der Waals surface area contributed by atoms with Crippen LogP contribution in [0.15, 0.2) is 6.20 Å². The van der Waals surface area contributed by atoms with Crippen molar-refractivity contribution < 1.29 is 49.6 Å². The molecule has 0 unspecified atom stereocenters. The van der Waals surface area contributed by atoms with Gasteiger partial charge in [-0.3, -0.25) is 4.68 Å². The number of carbonyl (C=O) groups is 1. The zero-order valence-corrected chi connectivity index (χ0v) is 19.7. The predicted octanol–water partition coefficient (Wildman–Crippen LogP) is -2.71. The summed E-state index contributed by atoms with van der Waals surface area (Å²) in [4.78, 5) is 11.2. The number of rotatable bonds is 21. The van der Waals surface area contributed by atoms with Crippen LogP contribution < -0.4 is 0 Å². The Morgan fingerprint density at radius 1 is 0.882 bits per heavy atom. The van der Waals surface area contributed by atoms with Gasteiger partial charge in [-0.25, -0.2) is 0 Å². The van der Waals surface area contributed by atoms with E-state index in [0.29, 0.717) is 25.0 Å². The van der Waals surface area contributed by atoms with Gasteiger partial charge in [0.05, 0.1) is 77.1 Å². The lowest BCUT2D eigenvalue weighted by Gasteiger charge is -2.35. The first-order valence-electron chi connectivity index (χ1n) is 11.2. The highest BCUT2D eigenvalue weighted by molar-refractivity contribution is 5.75. The maximum Gasteiger partial charge on any atom is 0.129 e. The summed E-state index contributed by atoms with van der Waals surface area (Å²) in [5.41, 5.74) is -0.355. The van der Waals surface area contributed by atoms with Crippen LogP contribution in [0.2, 0.25) is 0 Å². The van der Waals surface area contributed by atoms with Crippen LogP contribution in [0.5, 0.6) is 0 Å². The van der Waals surface area contributed by atoms with Gasteiger partial charge in [0.25, 0.3) is 0 Å². The van der Waals surface area contributed by atoms with Crippen molar-refractivity contribution >= 4 is 5.78 Å². The van der Waals surface area contributed by atoms with E-state index in [1.54, 1.807) is 6.20 Å². The number of aliphatic hydroxyl groups is 6. The largest absolute Gasteiger partial charge is 0.394 e. The highest BCUT2D eigenvalue weighted by Gasteiger charge is 2.36. The summed E-state index contributed by atoms with van der Waals surface area (Å²) in [6, 6.07) is 0. The first-order valence-corrected chi connectivity index (χ1v) is 11.2. The van der Waals surface area contributed by atoms with E-state index in [9.17, 15) is 35.4 Å². The summed E-state index contributed by atoms with van der Waals surface area (Å²) in [5.74, 6) is 0.0878. The van der Waals surface area contributed by atoms with Gasteiger partial charge in [0, 0.05) is 12.6 Å². The van der Waals surface area contributed by atoms with Crippen LogP contribution in [0.1, 0.15) is 25.5 Å². The van der Waals surface area contributed by atoms with Crippen LogP contribution in [0, 0.1) is 5.41 Å². The van der Waals surface area contributed by atoms with E-state index in [1.165, 1.54) is 11.6 Å². The van der Waals surface area contributed by atoms with Crippen LogP contribution in [0.25, 0.3) is 0 Å². The molecular formula is C21H39N3O10. The molecule has 0 radical (unpaired) electrons. The average molecular weight is 494 g/mol. The van der Waals surface area contributed by atoms with E-state index < -0.39 is 63.4 Å². The fourth-order valence-electron chi connectivity index (χ4n) is 3.03. The van der Waals surface area contributed by atoms with Crippen LogP contribution >= 0.6 is 0 Å². The number of nitrogens with zero attached hydrogens (tertiary/aromatic N) is 3. The molecule has 0 aliphatic rings. The average Bonchev–Trinajstić information content (AvgIpc) is 3.27. The molecule has 198 valence electrons. The summed E-state index contributed by atoms with van der Waals surface area (Å²) < 4.78 is 18.5. The van der Waals surface area contributed by atoms with Crippen molar-refractivity contribution in [1.82, 2.24) is 15.0 Å². The Morgan fingerprint density at radius 3 is 1.71 bits per heavy atom. The molecule has 1 aromatic heterocycles. The first-order chi connectivity index (χ1) is 16.3. The molecule has 0 bridgehead atoms. The van der Waals surface area contributed by atoms with Gasteiger partial charge in [0.2, 0.25) is 0 Å². The second-order valence-corrected chi connectivity index (χ2v) is 8.36. The van der Waals surface area contributed by atoms with Gasteiger partial charge < -0.3 is 49.6 Å². The number of Topliss-reactive ketones (excluding diaryl/α,β-unsaturated/α-hetero) is 1. The summed E-state index contributed by atoms with van der Waals surface area (Å²) in [6.45, 7) is -1.19. The Balaban J connectivity index is 3.11. The lowest BCUT2D eigenvalue weighted by atomic mass is 9.90. The smallest absolute Gasteiger partial charge is 0.129 e. The third-order valence-electron chi connectivity index (χ3n) is 5.14. The summed E-state index contributed by atoms with van der Waals surface area (Å²) in [5, 5.41) is 64.6. The highest BCUT2D eigenvalue weighted by atomic mass is 16.5. The quantitative estimate of drug-likeness (QED) is 0.104. The van der Waals surface area contributed by atoms with Crippen LogP contribution in [0.4, 0.5) is 0 Å². The Kier molecular flexibility index (Phi) is 15.2. The van der Waals surface area contributed by atoms with Crippen molar-refractivity contribution in [3.8, 4) is 0 Å². The molecule has 0 atom stereocenters. The predicted molar refractivity (Wildman–Crippen MR) is 118 cm³/mol. The third kappa shape index (κ3) is 11.3. The van der Waals surface area contributed by atoms with Gasteiger partial charge in [0.15, 0.2) is 0 Å². The lowest BCUT2D eigenvalue weighted by molar-refractivity contribution is -0.146. The minimum Gasteiger partial charge on any atom is -0.394 e. The lowest BCUT2D eigenvalue weighted by Crippen LogP contribution is -2.46. The van der Waals surface area contributed by atoms with Crippen molar-refractivity contribution in [2.75, 3.05) is 59.5 Å². The van der Waals surface area contributed by atoms with Gasteiger partial charge in [-0.2, -0.15) is 0 Å². The van der Waals surface area contributed by atoms with E-state index in [1.807, 2.05) is 0 Å².